The number of likely N-dealkylation sites (tertiary alicyclic amines) is 1. The van der Waals surface area contributed by atoms with Gasteiger partial charge < -0.3 is 20.5 Å². The van der Waals surface area contributed by atoms with E-state index in [-0.39, 0.29) is 29.8 Å². The molecule has 0 bridgehead atoms. The molecule has 5 rings (SSSR count). The molecule has 1 aromatic carbocycles. The number of pyridine rings is 1. The molecule has 2 fully saturated rings. The molecule has 1 saturated carbocycles. The summed E-state index contributed by atoms with van der Waals surface area (Å²) in [5.41, 5.74) is 4.02. The highest BCUT2D eigenvalue weighted by Gasteiger charge is 2.39. The van der Waals surface area contributed by atoms with Gasteiger partial charge in [0.1, 0.15) is 6.04 Å². The van der Waals surface area contributed by atoms with Crippen molar-refractivity contribution < 1.29 is 9.59 Å². The number of hydrogen-bond donors (Lipinski definition) is 3. The Hall–Kier alpha value is -3.19. The summed E-state index contributed by atoms with van der Waals surface area (Å²) in [7, 11) is 1.77. The molecule has 2 amide bonds. The first kappa shape index (κ1) is 24.5. The first-order chi connectivity index (χ1) is 17.6. The third-order valence-corrected chi connectivity index (χ3v) is 8.02. The first-order valence-corrected chi connectivity index (χ1v) is 13.4. The van der Waals surface area contributed by atoms with Crippen LogP contribution in [0.1, 0.15) is 63.6 Å². The summed E-state index contributed by atoms with van der Waals surface area (Å²) in [5.74, 6) is 0.139. The predicted molar refractivity (Wildman–Crippen MR) is 142 cm³/mol. The van der Waals surface area contributed by atoms with Gasteiger partial charge in [-0.2, -0.15) is 0 Å². The Bertz CT molecular complexity index is 1200. The molecule has 3 unspecified atom stereocenters. The van der Waals surface area contributed by atoms with Crippen LogP contribution in [0.25, 0.3) is 22.2 Å². The minimum absolute atomic E-state index is 0.0294. The number of nitrogens with zero attached hydrogens (tertiary/aromatic N) is 2. The van der Waals surface area contributed by atoms with Crippen LogP contribution in [-0.2, 0) is 9.59 Å². The molecule has 2 aromatic heterocycles. The van der Waals surface area contributed by atoms with E-state index in [4.69, 9.17) is 0 Å². The van der Waals surface area contributed by atoms with Gasteiger partial charge in [-0.1, -0.05) is 49.6 Å². The lowest BCUT2D eigenvalue weighted by Gasteiger charge is -2.35. The van der Waals surface area contributed by atoms with Gasteiger partial charge in [-0.25, -0.2) is 0 Å². The molecule has 3 N–H and O–H groups in total. The van der Waals surface area contributed by atoms with Crippen LogP contribution in [0.2, 0.25) is 0 Å². The average Bonchev–Trinajstić information content (AvgIpc) is 3.59. The van der Waals surface area contributed by atoms with Crippen molar-refractivity contribution in [2.75, 3.05) is 13.6 Å². The zero-order chi connectivity index (χ0) is 25.1. The van der Waals surface area contributed by atoms with Crippen molar-refractivity contribution in [3.05, 3.63) is 54.4 Å². The topological polar surface area (TPSA) is 90.1 Å². The first-order valence-electron chi connectivity index (χ1n) is 13.4. The SMILES string of the molecule is CNC(C)C(=O)NC(C(=O)N1CCCC1c1cc2ccnc(-c3ccccc3)c2[nH]1)C1CCCCC1. The fourth-order valence-electron chi connectivity index (χ4n) is 5.86. The van der Waals surface area contributed by atoms with E-state index in [2.05, 4.69) is 38.8 Å². The summed E-state index contributed by atoms with van der Waals surface area (Å²) in [6.07, 6.45) is 9.12. The zero-order valence-electron chi connectivity index (χ0n) is 21.3. The van der Waals surface area contributed by atoms with Gasteiger partial charge in [-0.05, 0) is 57.7 Å². The number of carbonyl (C=O) groups is 2. The Morgan fingerprint density at radius 2 is 1.83 bits per heavy atom. The summed E-state index contributed by atoms with van der Waals surface area (Å²) in [4.78, 5) is 37.2. The van der Waals surface area contributed by atoms with Crippen LogP contribution in [0, 0.1) is 5.92 Å². The monoisotopic (exact) mass is 487 g/mol. The number of H-pyrrole nitrogens is 1. The summed E-state index contributed by atoms with van der Waals surface area (Å²) < 4.78 is 0. The average molecular weight is 488 g/mol. The van der Waals surface area contributed by atoms with Crippen molar-refractivity contribution in [2.45, 2.75) is 70.0 Å². The molecule has 3 heterocycles. The second-order valence-electron chi connectivity index (χ2n) is 10.3. The van der Waals surface area contributed by atoms with Gasteiger partial charge >= 0.3 is 0 Å². The van der Waals surface area contributed by atoms with Crippen LogP contribution in [0.15, 0.2) is 48.7 Å². The standard InChI is InChI=1S/C29H37N5O2/c1-19(30-2)28(35)33-27(21-12-7-4-8-13-21)29(36)34-17-9-14-24(34)23-18-22-15-16-31-25(26(22)32-23)20-10-5-3-6-11-20/h3,5-6,10-11,15-16,18-19,21,24,27,30,32H,4,7-9,12-14,17H2,1-2H3,(H,33,35). The van der Waals surface area contributed by atoms with Crippen LogP contribution in [0.3, 0.4) is 0 Å². The summed E-state index contributed by atoms with van der Waals surface area (Å²) in [5, 5.41) is 7.23. The molecule has 1 saturated heterocycles. The molecule has 0 spiro atoms. The van der Waals surface area contributed by atoms with Crippen molar-refractivity contribution in [2.24, 2.45) is 5.92 Å². The summed E-state index contributed by atoms with van der Waals surface area (Å²) >= 11 is 0. The Morgan fingerprint density at radius 1 is 1.06 bits per heavy atom. The fourth-order valence-corrected chi connectivity index (χ4v) is 5.86. The highest BCUT2D eigenvalue weighted by Crippen LogP contribution is 2.37. The molecule has 3 aromatic rings. The van der Waals surface area contributed by atoms with Gasteiger partial charge in [-0.3, -0.25) is 14.6 Å². The Kier molecular flexibility index (Phi) is 7.37. The van der Waals surface area contributed by atoms with Crippen LogP contribution >= 0.6 is 0 Å². The molecule has 0 radical (unpaired) electrons. The number of likely N-dealkylation sites (N-methyl/N-ethyl adjacent to an activating group) is 1. The van der Waals surface area contributed by atoms with E-state index in [1.54, 1.807) is 7.05 Å². The van der Waals surface area contributed by atoms with Crippen molar-refractivity contribution >= 4 is 22.7 Å². The number of amides is 2. The molecule has 1 aliphatic carbocycles. The van der Waals surface area contributed by atoms with Crippen molar-refractivity contribution in [1.82, 2.24) is 25.5 Å². The second kappa shape index (κ2) is 10.8. The minimum Gasteiger partial charge on any atom is -0.355 e. The van der Waals surface area contributed by atoms with Gasteiger partial charge in [0, 0.05) is 29.4 Å². The molecule has 7 heteroatoms. The number of rotatable bonds is 7. The lowest BCUT2D eigenvalue weighted by molar-refractivity contribution is -0.139. The molecule has 190 valence electrons. The van der Waals surface area contributed by atoms with Crippen molar-refractivity contribution in [3.63, 3.8) is 0 Å². The maximum Gasteiger partial charge on any atom is 0.246 e. The largest absolute Gasteiger partial charge is 0.355 e. The van der Waals surface area contributed by atoms with Crippen molar-refractivity contribution in [3.8, 4) is 11.3 Å². The quantitative estimate of drug-likeness (QED) is 0.456. The fraction of sp³-hybridized carbons (Fsp3) is 0.483. The van der Waals surface area contributed by atoms with Crippen LogP contribution in [0.4, 0.5) is 0 Å². The maximum atomic E-state index is 14.0. The molecule has 1 aliphatic heterocycles. The third kappa shape index (κ3) is 4.89. The van der Waals surface area contributed by atoms with E-state index in [9.17, 15) is 9.59 Å². The van der Waals surface area contributed by atoms with E-state index in [1.165, 1.54) is 6.42 Å². The predicted octanol–water partition coefficient (Wildman–Crippen LogP) is 4.57. The minimum atomic E-state index is -0.472. The van der Waals surface area contributed by atoms with Crippen LogP contribution < -0.4 is 10.6 Å². The Morgan fingerprint density at radius 3 is 2.58 bits per heavy atom. The van der Waals surface area contributed by atoms with E-state index in [0.29, 0.717) is 6.54 Å². The van der Waals surface area contributed by atoms with Gasteiger partial charge in [0.2, 0.25) is 11.8 Å². The molecule has 3 atom stereocenters. The molecular formula is C29H37N5O2. The molecular weight excluding hydrogens is 450 g/mol. The number of hydrogen-bond acceptors (Lipinski definition) is 4. The maximum absolute atomic E-state index is 14.0. The van der Waals surface area contributed by atoms with Gasteiger partial charge in [0.15, 0.2) is 0 Å². The highest BCUT2D eigenvalue weighted by molar-refractivity contribution is 5.93. The smallest absolute Gasteiger partial charge is 0.246 e. The van der Waals surface area contributed by atoms with E-state index in [0.717, 1.165) is 66.4 Å². The normalized spacial score (nSPS) is 20.4. The number of nitrogens with one attached hydrogen (secondary N) is 3. The third-order valence-electron chi connectivity index (χ3n) is 8.02. The summed E-state index contributed by atoms with van der Waals surface area (Å²) in [6.45, 7) is 2.54. The molecule has 7 nitrogen and oxygen atoms in total. The highest BCUT2D eigenvalue weighted by atomic mass is 16.2. The Labute approximate surface area is 213 Å². The van der Waals surface area contributed by atoms with E-state index < -0.39 is 6.04 Å². The number of aromatic amines is 1. The zero-order valence-corrected chi connectivity index (χ0v) is 21.3. The number of benzene rings is 1. The van der Waals surface area contributed by atoms with Gasteiger partial charge in [0.25, 0.3) is 0 Å². The lowest BCUT2D eigenvalue weighted by Crippen LogP contribution is -2.55. The molecule has 2 aliphatic rings. The second-order valence-corrected chi connectivity index (χ2v) is 10.3. The Balaban J connectivity index is 1.44. The van der Waals surface area contributed by atoms with E-state index >= 15 is 0 Å². The van der Waals surface area contributed by atoms with Gasteiger partial charge in [-0.15, -0.1) is 0 Å². The van der Waals surface area contributed by atoms with E-state index in [1.807, 2.05) is 42.3 Å². The van der Waals surface area contributed by atoms with Crippen LogP contribution in [-0.4, -0.2) is 52.4 Å². The van der Waals surface area contributed by atoms with Gasteiger partial charge in [0.05, 0.1) is 23.3 Å². The van der Waals surface area contributed by atoms with Crippen molar-refractivity contribution in [1.29, 1.82) is 0 Å². The molecule has 36 heavy (non-hydrogen) atoms. The van der Waals surface area contributed by atoms with Crippen LogP contribution in [0.5, 0.6) is 0 Å². The lowest BCUT2D eigenvalue weighted by atomic mass is 9.83. The number of fused-ring (bicyclic) bond motifs is 1. The number of carbonyl (C=O) groups excluding carboxylic acids is 2. The number of aromatic nitrogens is 2. The summed E-state index contributed by atoms with van der Waals surface area (Å²) in [6, 6.07) is 13.5.